The summed E-state index contributed by atoms with van der Waals surface area (Å²) in [6.45, 7) is 2.00. The van der Waals surface area contributed by atoms with Gasteiger partial charge in [-0.05, 0) is 13.0 Å². The second kappa shape index (κ2) is 2.98. The van der Waals surface area contributed by atoms with Gasteiger partial charge in [0.2, 0.25) is 0 Å². The van der Waals surface area contributed by atoms with E-state index < -0.39 is 0 Å². The van der Waals surface area contributed by atoms with Crippen molar-refractivity contribution >= 4 is 0 Å². The first-order valence-corrected chi connectivity index (χ1v) is 4.50. The average Bonchev–Trinajstić information content (AvgIpc) is 2.50. The lowest BCUT2D eigenvalue weighted by molar-refractivity contribution is -0.853. The minimum Gasteiger partial charge on any atom is -0.629 e. The van der Waals surface area contributed by atoms with E-state index in [0.717, 1.165) is 12.0 Å². The molecule has 1 aliphatic rings. The number of rotatable bonds is 1. The van der Waals surface area contributed by atoms with Gasteiger partial charge in [0.1, 0.15) is 5.54 Å². The molecule has 0 saturated heterocycles. The number of benzene rings is 1. The third-order valence-corrected chi connectivity index (χ3v) is 2.75. The summed E-state index contributed by atoms with van der Waals surface area (Å²) in [5.41, 5.74) is 0.811. The van der Waals surface area contributed by atoms with Crippen molar-refractivity contribution in [3.05, 3.63) is 53.4 Å². The number of quaternary nitrogens is 1. The molecular formula is C11H13NO. The molecule has 1 aromatic rings. The topological polar surface area (TPSA) is 27.5 Å². The van der Waals surface area contributed by atoms with Crippen molar-refractivity contribution in [2.24, 2.45) is 0 Å². The van der Waals surface area contributed by atoms with Gasteiger partial charge in [-0.3, -0.25) is 0 Å². The molecule has 0 fully saturated rings. The van der Waals surface area contributed by atoms with Crippen LogP contribution in [0.5, 0.6) is 0 Å². The van der Waals surface area contributed by atoms with Crippen LogP contribution < -0.4 is 5.06 Å². The third-order valence-electron chi connectivity index (χ3n) is 2.75. The molecule has 0 aliphatic carbocycles. The second-order valence-electron chi connectivity index (χ2n) is 3.67. The van der Waals surface area contributed by atoms with E-state index in [1.807, 2.05) is 43.3 Å². The molecule has 0 amide bonds. The Hall–Kier alpha value is -1.12. The van der Waals surface area contributed by atoms with Crippen molar-refractivity contribution in [1.82, 2.24) is 0 Å². The third kappa shape index (κ3) is 1.28. The van der Waals surface area contributed by atoms with Gasteiger partial charge in [-0.15, -0.1) is 0 Å². The Morgan fingerprint density at radius 3 is 2.54 bits per heavy atom. The zero-order valence-electron chi connectivity index (χ0n) is 7.66. The molecule has 1 N–H and O–H groups in total. The molecule has 0 radical (unpaired) electrons. The SMILES string of the molecule is C[C@@]1(c2ccccc2)CC=C[NH+]1[O-]. The van der Waals surface area contributed by atoms with Gasteiger partial charge in [0.25, 0.3) is 0 Å². The molecule has 2 rings (SSSR count). The highest BCUT2D eigenvalue weighted by atomic mass is 16.5. The van der Waals surface area contributed by atoms with Crippen LogP contribution in [0.15, 0.2) is 42.6 Å². The van der Waals surface area contributed by atoms with Crippen molar-refractivity contribution in [1.29, 1.82) is 0 Å². The van der Waals surface area contributed by atoms with Crippen LogP contribution >= 0.6 is 0 Å². The number of hydrogen-bond acceptors (Lipinski definition) is 1. The van der Waals surface area contributed by atoms with E-state index >= 15 is 0 Å². The summed E-state index contributed by atoms with van der Waals surface area (Å²) in [5, 5.41) is 11.8. The maximum Gasteiger partial charge on any atom is 0.128 e. The highest BCUT2D eigenvalue weighted by Gasteiger charge is 2.34. The minimum atomic E-state index is -0.304. The smallest absolute Gasteiger partial charge is 0.128 e. The van der Waals surface area contributed by atoms with E-state index in [-0.39, 0.29) is 10.6 Å². The van der Waals surface area contributed by atoms with Crippen molar-refractivity contribution in [3.8, 4) is 0 Å². The van der Waals surface area contributed by atoms with E-state index in [1.54, 1.807) is 6.20 Å². The Bertz CT molecular complexity index is 320. The summed E-state index contributed by atoms with van der Waals surface area (Å²) < 4.78 is 0. The average molecular weight is 175 g/mol. The van der Waals surface area contributed by atoms with Crippen LogP contribution in [0.2, 0.25) is 0 Å². The normalized spacial score (nSPS) is 32.3. The zero-order valence-corrected chi connectivity index (χ0v) is 7.66. The second-order valence-corrected chi connectivity index (χ2v) is 3.67. The minimum absolute atomic E-state index is 0.221. The van der Waals surface area contributed by atoms with Crippen LogP contribution in [0.4, 0.5) is 0 Å². The van der Waals surface area contributed by atoms with Crippen LogP contribution in [0.25, 0.3) is 0 Å². The summed E-state index contributed by atoms with van der Waals surface area (Å²) in [5.74, 6) is 0. The molecule has 1 aromatic carbocycles. The van der Waals surface area contributed by atoms with Crippen molar-refractivity contribution in [2.45, 2.75) is 18.9 Å². The van der Waals surface area contributed by atoms with Crippen LogP contribution in [0.3, 0.4) is 0 Å². The van der Waals surface area contributed by atoms with Gasteiger partial charge in [0.05, 0.1) is 6.20 Å². The zero-order chi connectivity index (χ0) is 9.31. The Morgan fingerprint density at radius 2 is 2.00 bits per heavy atom. The maximum absolute atomic E-state index is 11.6. The molecule has 1 unspecified atom stereocenters. The summed E-state index contributed by atoms with van der Waals surface area (Å²) in [7, 11) is 0. The Kier molecular flexibility index (Phi) is 1.94. The molecule has 2 nitrogen and oxygen atoms in total. The summed E-state index contributed by atoms with van der Waals surface area (Å²) in [4.78, 5) is 0. The van der Waals surface area contributed by atoms with E-state index in [2.05, 4.69) is 0 Å². The fourth-order valence-corrected chi connectivity index (χ4v) is 1.75. The molecule has 0 saturated carbocycles. The molecular weight excluding hydrogens is 162 g/mol. The van der Waals surface area contributed by atoms with Gasteiger partial charge < -0.3 is 10.3 Å². The fraction of sp³-hybridized carbons (Fsp3) is 0.273. The van der Waals surface area contributed by atoms with Crippen molar-refractivity contribution < 1.29 is 5.06 Å². The largest absolute Gasteiger partial charge is 0.629 e. The van der Waals surface area contributed by atoms with Gasteiger partial charge >= 0.3 is 0 Å². The molecule has 1 aliphatic heterocycles. The fourth-order valence-electron chi connectivity index (χ4n) is 1.75. The standard InChI is InChI=1S/C11H13NO/c1-11(8-5-9-12(11)13)10-6-3-2-4-7-10/h2-7,9,12H,8H2,1H3/t11-/m0/s1. The van der Waals surface area contributed by atoms with Gasteiger partial charge in [-0.2, -0.15) is 0 Å². The predicted molar refractivity (Wildman–Crippen MR) is 51.9 cm³/mol. The van der Waals surface area contributed by atoms with E-state index in [9.17, 15) is 5.21 Å². The maximum atomic E-state index is 11.6. The molecule has 2 heteroatoms. The summed E-state index contributed by atoms with van der Waals surface area (Å²) >= 11 is 0. The van der Waals surface area contributed by atoms with Gasteiger partial charge in [0, 0.05) is 12.0 Å². The lowest BCUT2D eigenvalue weighted by Crippen LogP contribution is -3.08. The monoisotopic (exact) mass is 175 g/mol. The highest BCUT2D eigenvalue weighted by Crippen LogP contribution is 2.23. The van der Waals surface area contributed by atoms with Crippen molar-refractivity contribution in [2.75, 3.05) is 0 Å². The lowest BCUT2D eigenvalue weighted by Gasteiger charge is -2.34. The van der Waals surface area contributed by atoms with Crippen molar-refractivity contribution in [3.63, 3.8) is 0 Å². The van der Waals surface area contributed by atoms with E-state index in [0.29, 0.717) is 0 Å². The van der Waals surface area contributed by atoms with E-state index in [4.69, 9.17) is 0 Å². The van der Waals surface area contributed by atoms with Gasteiger partial charge in [-0.25, -0.2) is 0 Å². The molecule has 13 heavy (non-hydrogen) atoms. The predicted octanol–water partition coefficient (Wildman–Crippen LogP) is 1.20. The van der Waals surface area contributed by atoms with Gasteiger partial charge in [-0.1, -0.05) is 30.3 Å². The van der Waals surface area contributed by atoms with Crippen LogP contribution in [0, 0.1) is 5.21 Å². The Labute approximate surface area is 78.1 Å². The molecule has 0 spiro atoms. The molecule has 0 bridgehead atoms. The summed E-state index contributed by atoms with van der Waals surface area (Å²) in [6, 6.07) is 9.97. The van der Waals surface area contributed by atoms with Gasteiger partial charge in [0.15, 0.2) is 0 Å². The molecule has 1 heterocycles. The Balaban J connectivity index is 2.36. The first kappa shape index (κ1) is 8.48. The molecule has 2 atom stereocenters. The Morgan fingerprint density at radius 1 is 1.31 bits per heavy atom. The first-order valence-electron chi connectivity index (χ1n) is 4.50. The van der Waals surface area contributed by atoms with E-state index in [1.165, 1.54) is 0 Å². The number of hydrogen-bond donors (Lipinski definition) is 1. The summed E-state index contributed by atoms with van der Waals surface area (Å²) in [6.07, 6.45) is 4.47. The van der Waals surface area contributed by atoms with Crippen LogP contribution in [-0.4, -0.2) is 0 Å². The van der Waals surface area contributed by atoms with Crippen LogP contribution in [-0.2, 0) is 5.54 Å². The lowest BCUT2D eigenvalue weighted by atomic mass is 9.90. The quantitative estimate of drug-likeness (QED) is 0.638. The molecule has 0 aromatic heterocycles. The first-order chi connectivity index (χ1) is 6.23. The number of nitrogens with one attached hydrogen (secondary N) is 1. The van der Waals surface area contributed by atoms with Crippen LogP contribution in [0.1, 0.15) is 18.9 Å². The number of hydroxylamine groups is 2. The molecule has 68 valence electrons. The highest BCUT2D eigenvalue weighted by molar-refractivity contribution is 5.23.